The molecular weight excluding hydrogens is 200 g/mol. The predicted molar refractivity (Wildman–Crippen MR) is 64.4 cm³/mol. The Morgan fingerprint density at radius 3 is 2.25 bits per heavy atom. The van der Waals surface area contributed by atoms with Crippen molar-refractivity contribution in [3.05, 3.63) is 11.4 Å². The van der Waals surface area contributed by atoms with Crippen LogP contribution in [0.15, 0.2) is 0 Å². The van der Waals surface area contributed by atoms with E-state index in [2.05, 4.69) is 20.5 Å². The molecule has 2 rings (SSSR count). The smallest absolute Gasteiger partial charge is 0.243 e. The number of nitrogens with zero attached hydrogens (tertiary/aromatic N) is 3. The molecule has 1 aliphatic carbocycles. The van der Waals surface area contributed by atoms with Gasteiger partial charge in [-0.2, -0.15) is 5.10 Å². The number of aryl methyl sites for hydroxylation is 2. The number of hydrogen-bond acceptors (Lipinski definition) is 4. The van der Waals surface area contributed by atoms with Crippen molar-refractivity contribution in [2.24, 2.45) is 0 Å². The molecule has 1 aromatic heterocycles. The van der Waals surface area contributed by atoms with Gasteiger partial charge in [0.1, 0.15) is 0 Å². The first kappa shape index (κ1) is 11.3. The van der Waals surface area contributed by atoms with Crippen molar-refractivity contribution < 1.29 is 0 Å². The van der Waals surface area contributed by atoms with Crippen LogP contribution >= 0.6 is 0 Å². The molecule has 16 heavy (non-hydrogen) atoms. The van der Waals surface area contributed by atoms with Gasteiger partial charge in [0.25, 0.3) is 0 Å². The summed E-state index contributed by atoms with van der Waals surface area (Å²) in [5.41, 5.74) is 1.87. The van der Waals surface area contributed by atoms with Gasteiger partial charge in [-0.1, -0.05) is 25.7 Å². The number of hydrogen-bond donors (Lipinski definition) is 1. The number of nitrogens with one attached hydrogen (secondary N) is 1. The van der Waals surface area contributed by atoms with Gasteiger partial charge in [0.05, 0.1) is 11.4 Å². The fourth-order valence-corrected chi connectivity index (χ4v) is 2.12. The van der Waals surface area contributed by atoms with Gasteiger partial charge in [0, 0.05) is 6.04 Å². The first-order valence-electron chi connectivity index (χ1n) is 6.20. The third-order valence-electron chi connectivity index (χ3n) is 3.28. The Morgan fingerprint density at radius 1 is 0.938 bits per heavy atom. The van der Waals surface area contributed by atoms with Crippen LogP contribution in [-0.2, 0) is 0 Å². The Morgan fingerprint density at radius 2 is 1.62 bits per heavy atom. The molecule has 1 aliphatic rings. The first-order chi connectivity index (χ1) is 7.75. The number of rotatable bonds is 2. The van der Waals surface area contributed by atoms with Gasteiger partial charge >= 0.3 is 0 Å². The van der Waals surface area contributed by atoms with E-state index in [1.54, 1.807) is 0 Å². The van der Waals surface area contributed by atoms with E-state index in [4.69, 9.17) is 0 Å². The van der Waals surface area contributed by atoms with E-state index < -0.39 is 0 Å². The average molecular weight is 220 g/mol. The van der Waals surface area contributed by atoms with Gasteiger partial charge in [0.2, 0.25) is 5.95 Å². The maximum atomic E-state index is 4.41. The fraction of sp³-hybridized carbons (Fsp3) is 0.750. The topological polar surface area (TPSA) is 50.7 Å². The van der Waals surface area contributed by atoms with Crippen molar-refractivity contribution in [3.63, 3.8) is 0 Å². The molecular formula is C12H20N4. The summed E-state index contributed by atoms with van der Waals surface area (Å²) in [6.07, 6.45) is 7.83. The minimum Gasteiger partial charge on any atom is -0.350 e. The SMILES string of the molecule is Cc1nnc(NC2CCCCCC2)nc1C. The van der Waals surface area contributed by atoms with Gasteiger partial charge in [-0.15, -0.1) is 5.10 Å². The van der Waals surface area contributed by atoms with Crippen LogP contribution in [-0.4, -0.2) is 21.2 Å². The third kappa shape index (κ3) is 2.90. The highest BCUT2D eigenvalue weighted by molar-refractivity contribution is 5.26. The second kappa shape index (κ2) is 5.23. The summed E-state index contributed by atoms with van der Waals surface area (Å²) < 4.78 is 0. The maximum absolute atomic E-state index is 4.41. The summed E-state index contributed by atoms with van der Waals surface area (Å²) in [5.74, 6) is 0.690. The van der Waals surface area contributed by atoms with E-state index in [9.17, 15) is 0 Å². The first-order valence-corrected chi connectivity index (χ1v) is 6.20. The zero-order valence-electron chi connectivity index (χ0n) is 10.2. The molecule has 1 saturated carbocycles. The lowest BCUT2D eigenvalue weighted by molar-refractivity contribution is 0.612. The summed E-state index contributed by atoms with van der Waals surface area (Å²) in [6, 6.07) is 0.534. The zero-order chi connectivity index (χ0) is 11.4. The standard InChI is InChI=1S/C12H20N4/c1-9-10(2)15-16-12(13-9)14-11-7-5-3-4-6-8-11/h11H,3-8H2,1-2H3,(H,13,14,16). The zero-order valence-corrected chi connectivity index (χ0v) is 10.2. The molecule has 0 spiro atoms. The molecule has 0 radical (unpaired) electrons. The van der Waals surface area contributed by atoms with Crippen molar-refractivity contribution in [3.8, 4) is 0 Å². The predicted octanol–water partition coefficient (Wildman–Crippen LogP) is 2.62. The average Bonchev–Trinajstić information content (AvgIpc) is 2.52. The van der Waals surface area contributed by atoms with Crippen LogP contribution in [0.25, 0.3) is 0 Å². The Balaban J connectivity index is 1.99. The quantitative estimate of drug-likeness (QED) is 0.778. The van der Waals surface area contributed by atoms with E-state index >= 15 is 0 Å². The molecule has 0 aromatic carbocycles. The normalized spacial score (nSPS) is 18.1. The molecule has 1 fully saturated rings. The number of aromatic nitrogens is 3. The summed E-state index contributed by atoms with van der Waals surface area (Å²) in [7, 11) is 0. The molecule has 0 amide bonds. The summed E-state index contributed by atoms with van der Waals surface area (Å²) in [6.45, 7) is 3.91. The number of anilines is 1. The van der Waals surface area contributed by atoms with Crippen LogP contribution < -0.4 is 5.32 Å². The minimum atomic E-state index is 0.534. The molecule has 0 bridgehead atoms. The van der Waals surface area contributed by atoms with Crippen molar-refractivity contribution >= 4 is 5.95 Å². The molecule has 0 unspecified atom stereocenters. The monoisotopic (exact) mass is 220 g/mol. The molecule has 1 heterocycles. The van der Waals surface area contributed by atoms with Crippen LogP contribution in [0.3, 0.4) is 0 Å². The van der Waals surface area contributed by atoms with Gasteiger partial charge in [-0.3, -0.25) is 0 Å². The van der Waals surface area contributed by atoms with Crippen molar-refractivity contribution in [2.75, 3.05) is 5.32 Å². The van der Waals surface area contributed by atoms with E-state index in [0.717, 1.165) is 11.4 Å². The largest absolute Gasteiger partial charge is 0.350 e. The molecule has 0 atom stereocenters. The van der Waals surface area contributed by atoms with E-state index in [-0.39, 0.29) is 0 Å². The highest BCUT2D eigenvalue weighted by Gasteiger charge is 2.13. The van der Waals surface area contributed by atoms with Crippen LogP contribution in [0, 0.1) is 13.8 Å². The van der Waals surface area contributed by atoms with Gasteiger partial charge < -0.3 is 5.32 Å². The summed E-state index contributed by atoms with van der Waals surface area (Å²) in [4.78, 5) is 4.41. The second-order valence-electron chi connectivity index (χ2n) is 4.64. The minimum absolute atomic E-state index is 0.534. The maximum Gasteiger partial charge on any atom is 0.243 e. The van der Waals surface area contributed by atoms with Crippen LogP contribution in [0.5, 0.6) is 0 Å². The van der Waals surface area contributed by atoms with Gasteiger partial charge in [-0.05, 0) is 26.7 Å². The molecule has 1 aromatic rings. The van der Waals surface area contributed by atoms with Crippen LogP contribution in [0.2, 0.25) is 0 Å². The lowest BCUT2D eigenvalue weighted by Crippen LogP contribution is -2.20. The Bertz CT molecular complexity index is 343. The Labute approximate surface area is 96.9 Å². The van der Waals surface area contributed by atoms with Crippen LogP contribution in [0.1, 0.15) is 49.9 Å². The van der Waals surface area contributed by atoms with Crippen LogP contribution in [0.4, 0.5) is 5.95 Å². The van der Waals surface area contributed by atoms with Gasteiger partial charge in [-0.25, -0.2) is 4.98 Å². The molecule has 0 aliphatic heterocycles. The van der Waals surface area contributed by atoms with E-state index in [0.29, 0.717) is 12.0 Å². The summed E-state index contributed by atoms with van der Waals surface area (Å²) in [5, 5.41) is 11.6. The molecule has 1 N–H and O–H groups in total. The summed E-state index contributed by atoms with van der Waals surface area (Å²) >= 11 is 0. The lowest BCUT2D eigenvalue weighted by Gasteiger charge is -2.15. The molecule has 88 valence electrons. The molecule has 0 saturated heterocycles. The highest BCUT2D eigenvalue weighted by atomic mass is 15.2. The third-order valence-corrected chi connectivity index (χ3v) is 3.28. The Kier molecular flexibility index (Phi) is 3.70. The second-order valence-corrected chi connectivity index (χ2v) is 4.64. The Hall–Kier alpha value is -1.19. The highest BCUT2D eigenvalue weighted by Crippen LogP contribution is 2.19. The van der Waals surface area contributed by atoms with Crippen molar-refractivity contribution in [1.82, 2.24) is 15.2 Å². The molecule has 4 nitrogen and oxygen atoms in total. The van der Waals surface area contributed by atoms with Crippen molar-refractivity contribution in [2.45, 2.75) is 58.4 Å². The van der Waals surface area contributed by atoms with E-state index in [1.165, 1.54) is 38.5 Å². The molecule has 4 heteroatoms. The van der Waals surface area contributed by atoms with E-state index in [1.807, 2.05) is 13.8 Å². The van der Waals surface area contributed by atoms with Gasteiger partial charge in [0.15, 0.2) is 0 Å². The lowest BCUT2D eigenvalue weighted by atomic mass is 10.1. The fourth-order valence-electron chi connectivity index (χ4n) is 2.12. The van der Waals surface area contributed by atoms with Crippen molar-refractivity contribution in [1.29, 1.82) is 0 Å².